The number of nitrogens with zero attached hydrogens (tertiary/aromatic N) is 1. The van der Waals surface area contributed by atoms with Gasteiger partial charge in [0.1, 0.15) is 5.82 Å². The van der Waals surface area contributed by atoms with E-state index in [9.17, 15) is 4.39 Å². The van der Waals surface area contributed by atoms with Crippen molar-refractivity contribution in [3.8, 4) is 0 Å². The zero-order valence-corrected chi connectivity index (χ0v) is 12.2. The van der Waals surface area contributed by atoms with Crippen molar-refractivity contribution >= 4 is 11.4 Å². The molecule has 0 heterocycles. The standard InChI is InChI=1S/C17H21FN2/c1-4-20(14-8-5-7-12(2)11-14)16-10-6-9-15(18)17(16)13(3)19/h5-11,13H,4,19H2,1-3H3/t13-/m0/s1. The minimum absolute atomic E-state index is 0.247. The molecule has 0 bridgehead atoms. The summed E-state index contributed by atoms with van der Waals surface area (Å²) in [6.07, 6.45) is 0. The molecule has 0 aliphatic carbocycles. The van der Waals surface area contributed by atoms with Gasteiger partial charge in [0, 0.05) is 29.5 Å². The van der Waals surface area contributed by atoms with Crippen molar-refractivity contribution in [2.45, 2.75) is 26.8 Å². The molecule has 2 N–H and O–H groups in total. The Labute approximate surface area is 120 Å². The van der Waals surface area contributed by atoms with E-state index in [0.717, 1.165) is 17.9 Å². The second kappa shape index (κ2) is 6.06. The molecule has 0 amide bonds. The van der Waals surface area contributed by atoms with Crippen LogP contribution in [0.1, 0.15) is 31.0 Å². The van der Waals surface area contributed by atoms with Gasteiger partial charge in [-0.1, -0.05) is 18.2 Å². The van der Waals surface area contributed by atoms with E-state index in [1.54, 1.807) is 6.07 Å². The van der Waals surface area contributed by atoms with E-state index in [2.05, 4.69) is 30.9 Å². The van der Waals surface area contributed by atoms with Gasteiger partial charge in [0.2, 0.25) is 0 Å². The average molecular weight is 272 g/mol. The lowest BCUT2D eigenvalue weighted by Gasteiger charge is -2.27. The van der Waals surface area contributed by atoms with Gasteiger partial charge < -0.3 is 10.6 Å². The highest BCUT2D eigenvalue weighted by Crippen LogP contribution is 2.33. The molecule has 106 valence electrons. The van der Waals surface area contributed by atoms with Crippen LogP contribution in [0, 0.1) is 12.7 Å². The highest BCUT2D eigenvalue weighted by atomic mass is 19.1. The number of rotatable bonds is 4. The number of halogens is 1. The molecule has 0 saturated heterocycles. The molecule has 0 aromatic heterocycles. The molecule has 20 heavy (non-hydrogen) atoms. The highest BCUT2D eigenvalue weighted by molar-refractivity contribution is 5.67. The Morgan fingerprint density at radius 2 is 1.90 bits per heavy atom. The van der Waals surface area contributed by atoms with Crippen molar-refractivity contribution < 1.29 is 4.39 Å². The molecule has 1 atom stereocenters. The van der Waals surface area contributed by atoms with Crippen LogP contribution in [-0.2, 0) is 0 Å². The lowest BCUT2D eigenvalue weighted by atomic mass is 10.0. The molecule has 0 spiro atoms. The van der Waals surface area contributed by atoms with E-state index in [4.69, 9.17) is 5.73 Å². The fourth-order valence-corrected chi connectivity index (χ4v) is 2.50. The van der Waals surface area contributed by atoms with Gasteiger partial charge in [-0.2, -0.15) is 0 Å². The zero-order valence-electron chi connectivity index (χ0n) is 12.2. The van der Waals surface area contributed by atoms with E-state index < -0.39 is 0 Å². The first-order valence-electron chi connectivity index (χ1n) is 6.92. The largest absolute Gasteiger partial charge is 0.341 e. The fraction of sp³-hybridized carbons (Fsp3) is 0.294. The number of benzene rings is 2. The Bertz CT molecular complexity index is 593. The summed E-state index contributed by atoms with van der Waals surface area (Å²) in [5.41, 5.74) is 9.59. The Hall–Kier alpha value is -1.87. The number of hydrogen-bond acceptors (Lipinski definition) is 2. The van der Waals surface area contributed by atoms with Gasteiger partial charge in [0.15, 0.2) is 0 Å². The summed E-state index contributed by atoms with van der Waals surface area (Å²) in [6.45, 7) is 6.67. The molecule has 3 heteroatoms. The van der Waals surface area contributed by atoms with Crippen molar-refractivity contribution in [1.29, 1.82) is 0 Å². The van der Waals surface area contributed by atoms with Crippen LogP contribution in [0.25, 0.3) is 0 Å². The number of hydrogen-bond donors (Lipinski definition) is 1. The Morgan fingerprint density at radius 1 is 1.20 bits per heavy atom. The van der Waals surface area contributed by atoms with Crippen LogP contribution < -0.4 is 10.6 Å². The van der Waals surface area contributed by atoms with Crippen LogP contribution in [0.2, 0.25) is 0 Å². The SMILES string of the molecule is CCN(c1cccc(C)c1)c1cccc(F)c1[C@H](C)N. The van der Waals surface area contributed by atoms with E-state index in [1.807, 2.05) is 25.1 Å². The van der Waals surface area contributed by atoms with Gasteiger partial charge in [-0.3, -0.25) is 0 Å². The summed E-state index contributed by atoms with van der Waals surface area (Å²) in [7, 11) is 0. The molecular formula is C17H21FN2. The lowest BCUT2D eigenvalue weighted by Crippen LogP contribution is -2.21. The average Bonchev–Trinajstić information content (AvgIpc) is 2.39. The number of anilines is 2. The summed E-state index contributed by atoms with van der Waals surface area (Å²) >= 11 is 0. The van der Waals surface area contributed by atoms with Gasteiger partial charge >= 0.3 is 0 Å². The molecule has 2 nitrogen and oxygen atoms in total. The maximum Gasteiger partial charge on any atom is 0.130 e. The van der Waals surface area contributed by atoms with Gasteiger partial charge in [-0.25, -0.2) is 4.39 Å². The van der Waals surface area contributed by atoms with E-state index in [1.165, 1.54) is 11.6 Å². The first-order valence-corrected chi connectivity index (χ1v) is 6.92. The van der Waals surface area contributed by atoms with Crippen molar-refractivity contribution in [2.75, 3.05) is 11.4 Å². The van der Waals surface area contributed by atoms with Crippen molar-refractivity contribution in [3.05, 3.63) is 59.4 Å². The quantitative estimate of drug-likeness (QED) is 0.898. The summed E-state index contributed by atoms with van der Waals surface area (Å²) in [6, 6.07) is 13.0. The van der Waals surface area contributed by atoms with Crippen LogP contribution >= 0.6 is 0 Å². The molecule has 2 rings (SSSR count). The minimum atomic E-state index is -0.343. The smallest absolute Gasteiger partial charge is 0.130 e. The fourth-order valence-electron chi connectivity index (χ4n) is 2.50. The molecule has 0 aliphatic heterocycles. The summed E-state index contributed by atoms with van der Waals surface area (Å²) < 4.78 is 14.1. The van der Waals surface area contributed by atoms with Gasteiger partial charge in [-0.15, -0.1) is 0 Å². The van der Waals surface area contributed by atoms with Crippen molar-refractivity contribution in [2.24, 2.45) is 5.73 Å². The van der Waals surface area contributed by atoms with Crippen LogP contribution in [0.15, 0.2) is 42.5 Å². The molecule has 0 unspecified atom stereocenters. The second-order valence-electron chi connectivity index (χ2n) is 5.04. The van der Waals surface area contributed by atoms with Crippen molar-refractivity contribution in [3.63, 3.8) is 0 Å². The summed E-state index contributed by atoms with van der Waals surface area (Å²) in [5, 5.41) is 0. The van der Waals surface area contributed by atoms with E-state index >= 15 is 0 Å². The first-order chi connectivity index (χ1) is 9.54. The van der Waals surface area contributed by atoms with Gasteiger partial charge in [0.25, 0.3) is 0 Å². The molecule has 0 aliphatic rings. The molecule has 2 aromatic rings. The topological polar surface area (TPSA) is 29.3 Å². The first kappa shape index (κ1) is 14.5. The molecule has 0 saturated carbocycles. The van der Waals surface area contributed by atoms with Gasteiger partial charge in [-0.05, 0) is 50.6 Å². The van der Waals surface area contributed by atoms with Crippen LogP contribution in [-0.4, -0.2) is 6.54 Å². The minimum Gasteiger partial charge on any atom is -0.341 e. The Balaban J connectivity index is 2.55. The van der Waals surface area contributed by atoms with E-state index in [-0.39, 0.29) is 11.9 Å². The monoisotopic (exact) mass is 272 g/mol. The molecule has 2 aromatic carbocycles. The number of nitrogens with two attached hydrogens (primary N) is 1. The van der Waals surface area contributed by atoms with Crippen molar-refractivity contribution in [1.82, 2.24) is 0 Å². The Kier molecular flexibility index (Phi) is 4.40. The predicted molar refractivity (Wildman–Crippen MR) is 82.9 cm³/mol. The Morgan fingerprint density at radius 3 is 2.50 bits per heavy atom. The van der Waals surface area contributed by atoms with Crippen LogP contribution in [0.3, 0.4) is 0 Å². The van der Waals surface area contributed by atoms with Crippen LogP contribution in [0.5, 0.6) is 0 Å². The maximum absolute atomic E-state index is 14.1. The van der Waals surface area contributed by atoms with Gasteiger partial charge in [0.05, 0.1) is 0 Å². The molecule has 0 radical (unpaired) electrons. The molecule has 0 fully saturated rings. The summed E-state index contributed by atoms with van der Waals surface area (Å²) in [4.78, 5) is 2.09. The predicted octanol–water partition coefficient (Wildman–Crippen LogP) is 4.31. The molecular weight excluding hydrogens is 251 g/mol. The third kappa shape index (κ3) is 2.83. The number of aryl methyl sites for hydroxylation is 1. The zero-order chi connectivity index (χ0) is 14.7. The third-order valence-electron chi connectivity index (χ3n) is 3.41. The summed E-state index contributed by atoms with van der Waals surface area (Å²) in [5.74, 6) is -0.247. The maximum atomic E-state index is 14.1. The van der Waals surface area contributed by atoms with Crippen LogP contribution in [0.4, 0.5) is 15.8 Å². The third-order valence-corrected chi connectivity index (χ3v) is 3.41. The van der Waals surface area contributed by atoms with E-state index in [0.29, 0.717) is 5.56 Å². The second-order valence-corrected chi connectivity index (χ2v) is 5.04. The lowest BCUT2D eigenvalue weighted by molar-refractivity contribution is 0.593. The normalized spacial score (nSPS) is 12.2. The highest BCUT2D eigenvalue weighted by Gasteiger charge is 2.17.